The molecule has 21 heavy (non-hydrogen) atoms. The number of benzene rings is 2. The van der Waals surface area contributed by atoms with Crippen molar-refractivity contribution in [2.24, 2.45) is 0 Å². The lowest BCUT2D eigenvalue weighted by Crippen LogP contribution is -2.15. The molecule has 2 aromatic carbocycles. The Bertz CT molecular complexity index is 688. The monoisotopic (exact) mass is 430 g/mol. The van der Waals surface area contributed by atoms with Gasteiger partial charge in [0.25, 0.3) is 0 Å². The average molecular weight is 433 g/mol. The minimum absolute atomic E-state index is 0.0291. The lowest BCUT2D eigenvalue weighted by Gasteiger charge is -2.22. The van der Waals surface area contributed by atoms with Crippen molar-refractivity contribution in [2.45, 2.75) is 11.8 Å². The van der Waals surface area contributed by atoms with Gasteiger partial charge in [-0.15, -0.1) is 0 Å². The summed E-state index contributed by atoms with van der Waals surface area (Å²) >= 11 is 13.5. The van der Waals surface area contributed by atoms with Gasteiger partial charge < -0.3 is 9.47 Å². The number of alkyl halides is 1. The van der Waals surface area contributed by atoms with E-state index >= 15 is 0 Å². The highest BCUT2D eigenvalue weighted by atomic mass is 79.9. The molecule has 3 rings (SSSR count). The Morgan fingerprint density at radius 3 is 2.43 bits per heavy atom. The molecule has 1 aliphatic heterocycles. The topological polar surface area (TPSA) is 18.5 Å². The molecular weight excluding hydrogens is 419 g/mol. The summed E-state index contributed by atoms with van der Waals surface area (Å²) < 4.78 is 12.2. The summed E-state index contributed by atoms with van der Waals surface area (Å²) in [5.74, 6) is 1.56. The predicted molar refractivity (Wildman–Crippen MR) is 92.1 cm³/mol. The first-order valence-corrected chi connectivity index (χ1v) is 8.64. The van der Waals surface area contributed by atoms with Crippen molar-refractivity contribution in [3.8, 4) is 11.5 Å². The third-order valence-corrected chi connectivity index (χ3v) is 5.36. The zero-order chi connectivity index (χ0) is 15.0. The minimum atomic E-state index is 0.0291. The van der Waals surface area contributed by atoms with Gasteiger partial charge in [0.05, 0.1) is 4.83 Å². The molecule has 110 valence electrons. The number of hydrogen-bond acceptors (Lipinski definition) is 2. The van der Waals surface area contributed by atoms with Gasteiger partial charge >= 0.3 is 0 Å². The fourth-order valence-electron chi connectivity index (χ4n) is 2.33. The molecule has 0 N–H and O–H groups in total. The zero-order valence-electron chi connectivity index (χ0n) is 11.3. The molecule has 0 spiro atoms. The highest BCUT2D eigenvalue weighted by molar-refractivity contribution is 9.11. The van der Waals surface area contributed by atoms with Gasteiger partial charge in [0.15, 0.2) is 11.5 Å². The molecule has 2 aromatic rings. The first-order chi connectivity index (χ1) is 10.1. The van der Waals surface area contributed by atoms with Crippen molar-refractivity contribution in [2.75, 3.05) is 13.2 Å². The molecule has 0 saturated heterocycles. The molecule has 0 aliphatic carbocycles. The van der Waals surface area contributed by atoms with Gasteiger partial charge in [0.2, 0.25) is 0 Å². The summed E-state index contributed by atoms with van der Waals surface area (Å²) in [7, 11) is 0. The van der Waals surface area contributed by atoms with Crippen LogP contribution in [0.5, 0.6) is 11.5 Å². The summed E-state index contributed by atoms with van der Waals surface area (Å²) in [5.41, 5.74) is 3.41. The van der Waals surface area contributed by atoms with Crippen LogP contribution in [0.4, 0.5) is 0 Å². The van der Waals surface area contributed by atoms with Gasteiger partial charge in [-0.05, 0) is 47.9 Å². The molecule has 0 aromatic heterocycles. The second kappa shape index (κ2) is 6.19. The molecule has 0 amide bonds. The summed E-state index contributed by atoms with van der Waals surface area (Å²) in [6.45, 7) is 3.24. The van der Waals surface area contributed by atoms with Crippen molar-refractivity contribution in [3.63, 3.8) is 0 Å². The second-order valence-electron chi connectivity index (χ2n) is 4.88. The number of aryl methyl sites for hydroxylation is 1. The van der Waals surface area contributed by atoms with Crippen LogP contribution in [0.2, 0.25) is 5.02 Å². The zero-order valence-corrected chi connectivity index (χ0v) is 15.3. The van der Waals surface area contributed by atoms with Crippen LogP contribution in [0.1, 0.15) is 21.5 Å². The Labute approximate surface area is 145 Å². The van der Waals surface area contributed by atoms with Gasteiger partial charge in [-0.1, -0.05) is 49.5 Å². The van der Waals surface area contributed by atoms with Crippen molar-refractivity contribution in [3.05, 3.63) is 56.5 Å². The lowest BCUT2D eigenvalue weighted by atomic mass is 10.00. The van der Waals surface area contributed by atoms with Crippen LogP contribution in [0.25, 0.3) is 0 Å². The molecule has 2 nitrogen and oxygen atoms in total. The van der Waals surface area contributed by atoms with E-state index in [0.29, 0.717) is 13.2 Å². The lowest BCUT2D eigenvalue weighted by molar-refractivity contribution is 0.171. The van der Waals surface area contributed by atoms with E-state index in [1.54, 1.807) is 0 Å². The number of ether oxygens (including phenoxy) is 2. The van der Waals surface area contributed by atoms with Gasteiger partial charge in [0.1, 0.15) is 13.2 Å². The Hall–Kier alpha value is -0.710. The van der Waals surface area contributed by atoms with Gasteiger partial charge in [-0.3, -0.25) is 0 Å². The first kappa shape index (κ1) is 15.2. The Kier molecular flexibility index (Phi) is 4.48. The van der Waals surface area contributed by atoms with Gasteiger partial charge in [-0.2, -0.15) is 0 Å². The number of hydrogen-bond donors (Lipinski definition) is 0. The van der Waals surface area contributed by atoms with Crippen LogP contribution >= 0.6 is 43.5 Å². The van der Waals surface area contributed by atoms with Crippen LogP contribution < -0.4 is 9.47 Å². The molecule has 1 atom stereocenters. The van der Waals surface area contributed by atoms with Crippen molar-refractivity contribution < 1.29 is 9.47 Å². The van der Waals surface area contributed by atoms with E-state index in [0.717, 1.165) is 32.1 Å². The Morgan fingerprint density at radius 1 is 1.05 bits per heavy atom. The standard InChI is InChI=1S/C16H13Br2ClO2/c1-9-2-3-10(19)6-11(9)16(18)12-7-14-15(8-13(12)17)21-5-4-20-14/h2-3,6-8,16H,4-5H2,1H3. The number of halogens is 3. The summed E-state index contributed by atoms with van der Waals surface area (Å²) in [6.07, 6.45) is 0. The first-order valence-electron chi connectivity index (χ1n) is 6.55. The number of rotatable bonds is 2. The maximum atomic E-state index is 6.13. The predicted octanol–water partition coefficient (Wildman–Crippen LogP) is 5.67. The second-order valence-corrected chi connectivity index (χ2v) is 7.09. The molecule has 0 radical (unpaired) electrons. The largest absolute Gasteiger partial charge is 0.486 e. The highest BCUT2D eigenvalue weighted by Crippen LogP contribution is 2.43. The molecule has 0 fully saturated rings. The maximum Gasteiger partial charge on any atom is 0.162 e. The average Bonchev–Trinajstić information content (AvgIpc) is 2.48. The molecule has 0 saturated carbocycles. The quantitative estimate of drug-likeness (QED) is 0.570. The van der Waals surface area contributed by atoms with Crippen molar-refractivity contribution in [1.29, 1.82) is 0 Å². The van der Waals surface area contributed by atoms with Gasteiger partial charge in [-0.25, -0.2) is 0 Å². The molecular formula is C16H13Br2ClO2. The fraction of sp³-hybridized carbons (Fsp3) is 0.250. The molecule has 0 bridgehead atoms. The van der Waals surface area contributed by atoms with Crippen LogP contribution in [-0.4, -0.2) is 13.2 Å². The molecule has 1 aliphatic rings. The van der Waals surface area contributed by atoms with E-state index in [1.165, 1.54) is 5.56 Å². The van der Waals surface area contributed by atoms with Crippen LogP contribution in [0.15, 0.2) is 34.8 Å². The molecule has 1 heterocycles. The smallest absolute Gasteiger partial charge is 0.162 e. The highest BCUT2D eigenvalue weighted by Gasteiger charge is 2.21. The van der Waals surface area contributed by atoms with Crippen LogP contribution in [0.3, 0.4) is 0 Å². The summed E-state index contributed by atoms with van der Waals surface area (Å²) in [5, 5.41) is 0.730. The minimum Gasteiger partial charge on any atom is -0.486 e. The normalized spacial score (nSPS) is 14.9. The van der Waals surface area contributed by atoms with Crippen LogP contribution in [-0.2, 0) is 0 Å². The van der Waals surface area contributed by atoms with E-state index in [-0.39, 0.29) is 4.83 Å². The third kappa shape index (κ3) is 3.08. The van der Waals surface area contributed by atoms with E-state index in [1.807, 2.05) is 30.3 Å². The van der Waals surface area contributed by atoms with E-state index in [9.17, 15) is 0 Å². The summed E-state index contributed by atoms with van der Waals surface area (Å²) in [6, 6.07) is 9.88. The van der Waals surface area contributed by atoms with Crippen LogP contribution in [0, 0.1) is 6.92 Å². The summed E-state index contributed by atoms with van der Waals surface area (Å²) in [4.78, 5) is 0.0291. The number of fused-ring (bicyclic) bond motifs is 1. The van der Waals surface area contributed by atoms with E-state index in [2.05, 4.69) is 38.8 Å². The fourth-order valence-corrected chi connectivity index (χ4v) is 4.24. The van der Waals surface area contributed by atoms with Gasteiger partial charge in [0, 0.05) is 9.50 Å². The van der Waals surface area contributed by atoms with E-state index < -0.39 is 0 Å². The molecule has 5 heteroatoms. The van der Waals surface area contributed by atoms with Crippen molar-refractivity contribution in [1.82, 2.24) is 0 Å². The maximum absolute atomic E-state index is 6.13. The Balaban J connectivity index is 2.05. The van der Waals surface area contributed by atoms with Crippen molar-refractivity contribution >= 4 is 43.5 Å². The van der Waals surface area contributed by atoms with E-state index in [4.69, 9.17) is 21.1 Å². The Morgan fingerprint density at radius 2 is 1.71 bits per heavy atom. The third-order valence-electron chi connectivity index (χ3n) is 3.45. The molecule has 1 unspecified atom stereocenters. The SMILES string of the molecule is Cc1ccc(Cl)cc1C(Br)c1cc2c(cc1Br)OCCO2.